The third kappa shape index (κ3) is 9.44. The lowest BCUT2D eigenvalue weighted by Gasteiger charge is -2.23. The molecule has 98 valence electrons. The van der Waals surface area contributed by atoms with Crippen molar-refractivity contribution < 1.29 is 0 Å². The highest BCUT2D eigenvalue weighted by molar-refractivity contribution is 6.17. The second-order valence-corrected chi connectivity index (χ2v) is 5.34. The SMILES string of the molecule is CCN(CCCN(C)C)CCC(C)CCCl. The highest BCUT2D eigenvalue weighted by atomic mass is 35.5. The minimum atomic E-state index is 0.764. The third-order valence-electron chi connectivity index (χ3n) is 3.07. The summed E-state index contributed by atoms with van der Waals surface area (Å²) in [5.74, 6) is 1.56. The fourth-order valence-electron chi connectivity index (χ4n) is 1.77. The van der Waals surface area contributed by atoms with Crippen molar-refractivity contribution in [2.75, 3.05) is 46.2 Å². The van der Waals surface area contributed by atoms with E-state index < -0.39 is 0 Å². The minimum Gasteiger partial charge on any atom is -0.309 e. The van der Waals surface area contributed by atoms with Gasteiger partial charge in [0.25, 0.3) is 0 Å². The molecule has 3 heteroatoms. The van der Waals surface area contributed by atoms with Gasteiger partial charge < -0.3 is 9.80 Å². The van der Waals surface area contributed by atoms with Crippen molar-refractivity contribution in [2.24, 2.45) is 5.92 Å². The van der Waals surface area contributed by atoms with Crippen molar-refractivity contribution in [3.05, 3.63) is 0 Å². The molecule has 1 atom stereocenters. The molecule has 2 nitrogen and oxygen atoms in total. The molecule has 0 amide bonds. The van der Waals surface area contributed by atoms with Gasteiger partial charge >= 0.3 is 0 Å². The van der Waals surface area contributed by atoms with E-state index in [1.807, 2.05) is 0 Å². The second kappa shape index (κ2) is 10.4. The molecule has 0 aliphatic rings. The summed E-state index contributed by atoms with van der Waals surface area (Å²) in [4.78, 5) is 4.80. The molecule has 0 aliphatic heterocycles. The summed E-state index contributed by atoms with van der Waals surface area (Å²) in [7, 11) is 4.28. The smallest absolute Gasteiger partial charge is 0.0225 e. The van der Waals surface area contributed by atoms with Gasteiger partial charge in [0.2, 0.25) is 0 Å². The average Bonchev–Trinajstić information content (AvgIpc) is 2.23. The van der Waals surface area contributed by atoms with Crippen LogP contribution in [0.5, 0.6) is 0 Å². The number of halogens is 1. The molecule has 0 aromatic heterocycles. The van der Waals surface area contributed by atoms with E-state index >= 15 is 0 Å². The van der Waals surface area contributed by atoms with Crippen LogP contribution >= 0.6 is 11.6 Å². The van der Waals surface area contributed by atoms with Crippen LogP contribution in [0.4, 0.5) is 0 Å². The molecule has 1 unspecified atom stereocenters. The normalized spacial score (nSPS) is 13.7. The summed E-state index contributed by atoms with van der Waals surface area (Å²) in [6.45, 7) is 9.36. The van der Waals surface area contributed by atoms with Crippen LogP contribution in [0.1, 0.15) is 33.1 Å². The lowest BCUT2D eigenvalue weighted by Crippen LogP contribution is -2.29. The highest BCUT2D eigenvalue weighted by Gasteiger charge is 2.06. The first-order chi connectivity index (χ1) is 7.60. The van der Waals surface area contributed by atoms with Crippen molar-refractivity contribution in [3.63, 3.8) is 0 Å². The monoisotopic (exact) mass is 248 g/mol. The number of nitrogens with zero attached hydrogens (tertiary/aromatic N) is 2. The predicted octanol–water partition coefficient (Wildman–Crippen LogP) is 2.92. The largest absolute Gasteiger partial charge is 0.309 e. The van der Waals surface area contributed by atoms with Gasteiger partial charge in [-0.3, -0.25) is 0 Å². The van der Waals surface area contributed by atoms with Gasteiger partial charge in [0.05, 0.1) is 0 Å². The molecule has 0 saturated heterocycles. The molecule has 0 aliphatic carbocycles. The fourth-order valence-corrected chi connectivity index (χ4v) is 2.14. The maximum Gasteiger partial charge on any atom is 0.0225 e. The van der Waals surface area contributed by atoms with Gasteiger partial charge in [-0.15, -0.1) is 11.6 Å². The van der Waals surface area contributed by atoms with Crippen LogP contribution in [0.25, 0.3) is 0 Å². The molecule has 0 aromatic rings. The van der Waals surface area contributed by atoms with E-state index in [9.17, 15) is 0 Å². The number of alkyl halides is 1. The van der Waals surface area contributed by atoms with Crippen LogP contribution in [0.15, 0.2) is 0 Å². The Morgan fingerprint density at radius 3 is 2.25 bits per heavy atom. The molecular weight excluding hydrogens is 220 g/mol. The maximum atomic E-state index is 5.74. The van der Waals surface area contributed by atoms with Gasteiger partial charge in [-0.1, -0.05) is 13.8 Å². The summed E-state index contributed by atoms with van der Waals surface area (Å²) >= 11 is 5.74. The Balaban J connectivity index is 3.58. The fraction of sp³-hybridized carbons (Fsp3) is 1.00. The second-order valence-electron chi connectivity index (χ2n) is 4.96. The van der Waals surface area contributed by atoms with Crippen LogP contribution in [-0.2, 0) is 0 Å². The molecule has 0 radical (unpaired) electrons. The Morgan fingerprint density at radius 1 is 1.06 bits per heavy atom. The van der Waals surface area contributed by atoms with Crippen molar-refractivity contribution in [1.29, 1.82) is 0 Å². The number of rotatable bonds is 10. The van der Waals surface area contributed by atoms with Crippen LogP contribution in [0, 0.1) is 5.92 Å². The van der Waals surface area contributed by atoms with E-state index in [4.69, 9.17) is 11.6 Å². The molecular formula is C13H29ClN2. The Bertz CT molecular complexity index is 151. The molecule has 0 spiro atoms. The number of hydrogen-bond acceptors (Lipinski definition) is 2. The van der Waals surface area contributed by atoms with Crippen molar-refractivity contribution in [3.8, 4) is 0 Å². The molecule has 0 heterocycles. The van der Waals surface area contributed by atoms with Crippen molar-refractivity contribution >= 4 is 11.6 Å². The summed E-state index contributed by atoms with van der Waals surface area (Å²) in [5.41, 5.74) is 0. The molecule has 0 aromatic carbocycles. The van der Waals surface area contributed by atoms with Crippen LogP contribution in [-0.4, -0.2) is 56.0 Å². The summed E-state index contributed by atoms with van der Waals surface area (Å²) in [6.07, 6.45) is 3.70. The zero-order valence-electron chi connectivity index (χ0n) is 11.5. The maximum absolute atomic E-state index is 5.74. The van der Waals surface area contributed by atoms with Crippen LogP contribution in [0.3, 0.4) is 0 Å². The standard InChI is InChI=1S/C13H29ClN2/c1-5-16(11-6-10-15(3)4)12-8-13(2)7-9-14/h13H,5-12H2,1-4H3. The van der Waals surface area contributed by atoms with E-state index in [1.54, 1.807) is 0 Å². The first-order valence-electron chi connectivity index (χ1n) is 6.53. The van der Waals surface area contributed by atoms with Gasteiger partial charge in [0, 0.05) is 5.88 Å². The highest BCUT2D eigenvalue weighted by Crippen LogP contribution is 2.09. The van der Waals surface area contributed by atoms with Crippen molar-refractivity contribution in [2.45, 2.75) is 33.1 Å². The van der Waals surface area contributed by atoms with Crippen molar-refractivity contribution in [1.82, 2.24) is 9.80 Å². The predicted molar refractivity (Wildman–Crippen MR) is 74.4 cm³/mol. The van der Waals surface area contributed by atoms with Gasteiger partial charge in [-0.2, -0.15) is 0 Å². The summed E-state index contributed by atoms with van der Waals surface area (Å²) in [6, 6.07) is 0. The Morgan fingerprint density at radius 2 is 1.75 bits per heavy atom. The number of hydrogen-bond donors (Lipinski definition) is 0. The average molecular weight is 249 g/mol. The molecule has 0 N–H and O–H groups in total. The Kier molecular flexibility index (Phi) is 10.5. The first-order valence-corrected chi connectivity index (χ1v) is 7.06. The first kappa shape index (κ1) is 16.2. The molecule has 16 heavy (non-hydrogen) atoms. The van der Waals surface area contributed by atoms with Gasteiger partial charge in [0.15, 0.2) is 0 Å². The van der Waals surface area contributed by atoms with E-state index in [0.717, 1.165) is 18.2 Å². The van der Waals surface area contributed by atoms with Gasteiger partial charge in [-0.05, 0) is 65.5 Å². The minimum absolute atomic E-state index is 0.764. The molecule has 0 fully saturated rings. The zero-order chi connectivity index (χ0) is 12.4. The van der Waals surface area contributed by atoms with Gasteiger partial charge in [-0.25, -0.2) is 0 Å². The summed E-state index contributed by atoms with van der Waals surface area (Å²) < 4.78 is 0. The molecule has 0 rings (SSSR count). The molecule has 0 bridgehead atoms. The Hall–Kier alpha value is 0.210. The third-order valence-corrected chi connectivity index (χ3v) is 3.29. The van der Waals surface area contributed by atoms with E-state index in [2.05, 4.69) is 37.7 Å². The quantitative estimate of drug-likeness (QED) is 0.549. The van der Waals surface area contributed by atoms with Crippen LogP contribution in [0.2, 0.25) is 0 Å². The molecule has 0 saturated carbocycles. The summed E-state index contributed by atoms with van der Waals surface area (Å²) in [5, 5.41) is 0. The van der Waals surface area contributed by atoms with Gasteiger partial charge in [0.1, 0.15) is 0 Å². The Labute approximate surface area is 107 Å². The topological polar surface area (TPSA) is 6.48 Å². The van der Waals surface area contributed by atoms with E-state index in [-0.39, 0.29) is 0 Å². The van der Waals surface area contributed by atoms with E-state index in [1.165, 1.54) is 39.0 Å². The lowest BCUT2D eigenvalue weighted by atomic mass is 10.1. The zero-order valence-corrected chi connectivity index (χ0v) is 12.3. The lowest BCUT2D eigenvalue weighted by molar-refractivity contribution is 0.249. The van der Waals surface area contributed by atoms with E-state index in [0.29, 0.717) is 0 Å². The van der Waals surface area contributed by atoms with Crippen LogP contribution < -0.4 is 0 Å².